The van der Waals surface area contributed by atoms with E-state index in [0.29, 0.717) is 11.7 Å². The number of aromatic nitrogens is 2. The number of nitrogens with zero attached hydrogens (tertiary/aromatic N) is 2. The van der Waals surface area contributed by atoms with E-state index >= 15 is 0 Å². The molecule has 0 radical (unpaired) electrons. The van der Waals surface area contributed by atoms with Gasteiger partial charge in [-0.1, -0.05) is 50.2 Å². The largest absolute Gasteiger partial charge is 0.481 e. The summed E-state index contributed by atoms with van der Waals surface area (Å²) in [5.74, 6) is 1.73. The molecule has 0 aliphatic heterocycles. The van der Waals surface area contributed by atoms with Gasteiger partial charge < -0.3 is 14.6 Å². The van der Waals surface area contributed by atoms with Crippen molar-refractivity contribution in [3.8, 4) is 5.75 Å². The minimum atomic E-state index is -0.634. The van der Waals surface area contributed by atoms with Crippen LogP contribution >= 0.6 is 0 Å². The molecule has 0 saturated heterocycles. The molecule has 5 nitrogen and oxygen atoms in total. The van der Waals surface area contributed by atoms with Gasteiger partial charge in [0.1, 0.15) is 17.6 Å². The molecule has 0 bridgehead atoms. The first kappa shape index (κ1) is 20.6. The van der Waals surface area contributed by atoms with E-state index in [4.69, 9.17) is 4.74 Å². The van der Waals surface area contributed by atoms with E-state index in [1.165, 1.54) is 11.1 Å². The molecule has 0 aliphatic rings. The number of imidazole rings is 1. The summed E-state index contributed by atoms with van der Waals surface area (Å²) < 4.78 is 7.85. The van der Waals surface area contributed by atoms with Crippen molar-refractivity contribution in [3.05, 3.63) is 83.4 Å². The van der Waals surface area contributed by atoms with Gasteiger partial charge in [0.15, 0.2) is 6.10 Å². The van der Waals surface area contributed by atoms with Crippen LogP contribution in [-0.2, 0) is 11.8 Å². The van der Waals surface area contributed by atoms with Gasteiger partial charge in [0.2, 0.25) is 0 Å². The first-order valence-electron chi connectivity index (χ1n) is 9.96. The number of carbonyl (C=O) groups is 1. The molecule has 29 heavy (non-hydrogen) atoms. The number of hydrogen-bond donors (Lipinski definition) is 1. The normalized spacial score (nSPS) is 13.2. The van der Waals surface area contributed by atoms with Gasteiger partial charge in [0.25, 0.3) is 5.91 Å². The van der Waals surface area contributed by atoms with E-state index in [-0.39, 0.29) is 11.9 Å². The van der Waals surface area contributed by atoms with Gasteiger partial charge in [0.05, 0.1) is 0 Å². The van der Waals surface area contributed by atoms with E-state index in [0.717, 1.165) is 11.4 Å². The summed E-state index contributed by atoms with van der Waals surface area (Å²) in [6, 6.07) is 15.5. The summed E-state index contributed by atoms with van der Waals surface area (Å²) in [4.78, 5) is 17.4. The molecular weight excluding hydrogens is 362 g/mol. The molecule has 1 amide bonds. The highest BCUT2D eigenvalue weighted by molar-refractivity contribution is 5.81. The number of benzene rings is 2. The molecule has 0 spiro atoms. The monoisotopic (exact) mass is 391 g/mol. The topological polar surface area (TPSA) is 56.1 Å². The predicted octanol–water partition coefficient (Wildman–Crippen LogP) is 4.53. The average Bonchev–Trinajstić information content (AvgIpc) is 3.12. The quantitative estimate of drug-likeness (QED) is 0.644. The standard InChI is InChI=1S/C24H29N3O2/c1-16(2)21-12-11-20(15-17(21)3)29-18(4)24(28)26-22(19-9-7-6-8-10-19)23-25-13-14-27(23)5/h6-16,18,22H,1-5H3,(H,26,28)/t18-,22+/m1/s1. The van der Waals surface area contributed by atoms with Crippen LogP contribution in [0.3, 0.4) is 0 Å². The van der Waals surface area contributed by atoms with E-state index < -0.39 is 6.10 Å². The van der Waals surface area contributed by atoms with Crippen LogP contribution in [-0.4, -0.2) is 21.6 Å². The first-order valence-corrected chi connectivity index (χ1v) is 9.96. The molecule has 3 rings (SSSR count). The number of ether oxygens (including phenoxy) is 1. The molecule has 3 aromatic rings. The molecule has 0 fully saturated rings. The maximum absolute atomic E-state index is 12.9. The molecule has 0 unspecified atom stereocenters. The average molecular weight is 392 g/mol. The Morgan fingerprint density at radius 2 is 1.83 bits per heavy atom. The molecule has 0 saturated carbocycles. The van der Waals surface area contributed by atoms with Crippen LogP contribution in [0.5, 0.6) is 5.75 Å². The minimum absolute atomic E-state index is 0.188. The van der Waals surface area contributed by atoms with Gasteiger partial charge >= 0.3 is 0 Å². The zero-order chi connectivity index (χ0) is 21.0. The molecule has 1 heterocycles. The smallest absolute Gasteiger partial charge is 0.261 e. The van der Waals surface area contributed by atoms with E-state index in [1.807, 2.05) is 60.3 Å². The molecule has 5 heteroatoms. The highest BCUT2D eigenvalue weighted by Crippen LogP contribution is 2.25. The van der Waals surface area contributed by atoms with Gasteiger partial charge in [-0.25, -0.2) is 4.98 Å². The van der Waals surface area contributed by atoms with Crippen LogP contribution in [0, 0.1) is 6.92 Å². The molecule has 2 aromatic carbocycles. The number of amides is 1. The Morgan fingerprint density at radius 1 is 1.10 bits per heavy atom. The summed E-state index contributed by atoms with van der Waals surface area (Å²) in [5.41, 5.74) is 3.42. The first-order chi connectivity index (χ1) is 13.9. The van der Waals surface area contributed by atoms with Crippen LogP contribution in [0.2, 0.25) is 0 Å². The lowest BCUT2D eigenvalue weighted by atomic mass is 9.98. The highest BCUT2D eigenvalue weighted by atomic mass is 16.5. The molecular formula is C24H29N3O2. The predicted molar refractivity (Wildman–Crippen MR) is 115 cm³/mol. The Morgan fingerprint density at radius 3 is 2.41 bits per heavy atom. The summed E-state index contributed by atoms with van der Waals surface area (Å²) in [6.45, 7) is 8.17. The summed E-state index contributed by atoms with van der Waals surface area (Å²) in [5, 5.41) is 3.09. The van der Waals surface area contributed by atoms with Gasteiger partial charge in [-0.15, -0.1) is 0 Å². The van der Waals surface area contributed by atoms with Crippen molar-refractivity contribution in [1.29, 1.82) is 0 Å². The molecule has 152 valence electrons. The summed E-state index contributed by atoms with van der Waals surface area (Å²) >= 11 is 0. The van der Waals surface area contributed by atoms with Crippen LogP contribution < -0.4 is 10.1 Å². The SMILES string of the molecule is Cc1cc(O[C@H](C)C(=O)N[C@@H](c2ccccc2)c2nccn2C)ccc1C(C)C. The highest BCUT2D eigenvalue weighted by Gasteiger charge is 2.24. The third-order valence-corrected chi connectivity index (χ3v) is 5.08. The third-order valence-electron chi connectivity index (χ3n) is 5.08. The molecule has 2 atom stereocenters. The van der Waals surface area contributed by atoms with E-state index in [2.05, 4.69) is 37.1 Å². The van der Waals surface area contributed by atoms with Gasteiger partial charge in [-0.05, 0) is 48.6 Å². The second-order valence-electron chi connectivity index (χ2n) is 7.68. The van der Waals surface area contributed by atoms with Crippen molar-refractivity contribution in [2.24, 2.45) is 7.05 Å². The van der Waals surface area contributed by atoms with Crippen molar-refractivity contribution >= 4 is 5.91 Å². The van der Waals surface area contributed by atoms with Crippen LogP contribution in [0.1, 0.15) is 55.2 Å². The molecule has 1 N–H and O–H groups in total. The van der Waals surface area contributed by atoms with Gasteiger partial charge in [0, 0.05) is 19.4 Å². The zero-order valence-electron chi connectivity index (χ0n) is 17.7. The van der Waals surface area contributed by atoms with Gasteiger partial charge in [-0.2, -0.15) is 0 Å². The zero-order valence-corrected chi connectivity index (χ0v) is 17.7. The van der Waals surface area contributed by atoms with Crippen LogP contribution in [0.4, 0.5) is 0 Å². The number of aryl methyl sites for hydroxylation is 2. The summed E-state index contributed by atoms with van der Waals surface area (Å²) in [6.07, 6.45) is 2.97. The Labute approximate surface area is 172 Å². The number of rotatable bonds is 7. The Kier molecular flexibility index (Phi) is 6.37. The lowest BCUT2D eigenvalue weighted by molar-refractivity contribution is -0.127. The Hall–Kier alpha value is -3.08. The lowest BCUT2D eigenvalue weighted by Crippen LogP contribution is -2.39. The minimum Gasteiger partial charge on any atom is -0.481 e. The van der Waals surface area contributed by atoms with E-state index in [1.54, 1.807) is 13.1 Å². The summed E-state index contributed by atoms with van der Waals surface area (Å²) in [7, 11) is 1.92. The van der Waals surface area contributed by atoms with Crippen molar-refractivity contribution in [2.45, 2.75) is 45.8 Å². The van der Waals surface area contributed by atoms with Crippen molar-refractivity contribution in [2.75, 3.05) is 0 Å². The lowest BCUT2D eigenvalue weighted by Gasteiger charge is -2.22. The van der Waals surface area contributed by atoms with Gasteiger partial charge in [-0.3, -0.25) is 4.79 Å². The van der Waals surface area contributed by atoms with Crippen molar-refractivity contribution in [1.82, 2.24) is 14.9 Å². The maximum Gasteiger partial charge on any atom is 0.261 e. The second kappa shape index (κ2) is 8.95. The Bertz CT molecular complexity index is 963. The second-order valence-corrected chi connectivity index (χ2v) is 7.68. The number of carbonyl (C=O) groups excluding carboxylic acids is 1. The Balaban J connectivity index is 1.76. The number of nitrogens with one attached hydrogen (secondary N) is 1. The fourth-order valence-corrected chi connectivity index (χ4v) is 3.48. The molecule has 1 aromatic heterocycles. The fraction of sp³-hybridized carbons (Fsp3) is 0.333. The molecule has 0 aliphatic carbocycles. The van der Waals surface area contributed by atoms with E-state index in [9.17, 15) is 4.79 Å². The van der Waals surface area contributed by atoms with Crippen LogP contribution in [0.25, 0.3) is 0 Å². The fourth-order valence-electron chi connectivity index (χ4n) is 3.48. The maximum atomic E-state index is 12.9. The van der Waals surface area contributed by atoms with Crippen molar-refractivity contribution < 1.29 is 9.53 Å². The van der Waals surface area contributed by atoms with Crippen molar-refractivity contribution in [3.63, 3.8) is 0 Å². The number of hydrogen-bond acceptors (Lipinski definition) is 3. The van der Waals surface area contributed by atoms with Crippen LogP contribution in [0.15, 0.2) is 60.9 Å². The third kappa shape index (κ3) is 4.86.